The number of hydrogen-bond donors (Lipinski definition) is 0. The van der Waals surface area contributed by atoms with Crippen molar-refractivity contribution in [3.05, 3.63) is 35.4 Å². The van der Waals surface area contributed by atoms with E-state index in [0.29, 0.717) is 0 Å². The Kier molecular flexibility index (Phi) is 6.05. The van der Waals surface area contributed by atoms with Gasteiger partial charge in [0, 0.05) is 0 Å². The predicted octanol–water partition coefficient (Wildman–Crippen LogP) is 4.52. The fraction of sp³-hybridized carbons (Fsp3) is 0.467. The maximum Gasteiger partial charge on any atom is 0.312 e. The van der Waals surface area contributed by atoms with Crippen LogP contribution in [0.3, 0.4) is 0 Å². The molecular weight excluding hydrogens is 457 g/mol. The Morgan fingerprint density at radius 1 is 0.880 bits per heavy atom. The van der Waals surface area contributed by atoms with Crippen LogP contribution < -0.4 is 0 Å². The van der Waals surface area contributed by atoms with Crippen molar-refractivity contribution in [1.29, 1.82) is 0 Å². The lowest BCUT2D eigenvalue weighted by Crippen LogP contribution is -2.46. The number of carbonyl (C=O) groups is 2. The molecule has 1 saturated carbocycles. The van der Waals surface area contributed by atoms with Crippen LogP contribution in [0.25, 0.3) is 0 Å². The van der Waals surface area contributed by atoms with Crippen molar-refractivity contribution in [2.24, 2.45) is 11.8 Å². The van der Waals surface area contributed by atoms with E-state index in [2.05, 4.69) is 13.2 Å². The third kappa shape index (κ3) is 2.64. The molecular formula is C15H12Cl6O4. The number of fused-ring (bicyclic) bond motifs is 2. The lowest BCUT2D eigenvalue weighted by Gasteiger charge is -2.33. The van der Waals surface area contributed by atoms with Gasteiger partial charge in [-0.2, -0.15) is 0 Å². The van der Waals surface area contributed by atoms with Crippen molar-refractivity contribution in [3.8, 4) is 0 Å². The van der Waals surface area contributed by atoms with E-state index in [4.69, 9.17) is 79.1 Å². The Hall–Kier alpha value is -0.1000. The number of allylic oxidation sites excluding steroid dienone is 2. The average molecular weight is 469 g/mol. The van der Waals surface area contributed by atoms with Crippen molar-refractivity contribution < 1.29 is 19.1 Å². The second kappa shape index (κ2) is 7.14. The molecule has 0 heterocycles. The quantitative estimate of drug-likeness (QED) is 0.326. The Labute approximate surface area is 174 Å². The minimum absolute atomic E-state index is 0.126. The summed E-state index contributed by atoms with van der Waals surface area (Å²) >= 11 is 38.3. The highest BCUT2D eigenvalue weighted by Gasteiger charge is 2.85. The van der Waals surface area contributed by atoms with E-state index in [-0.39, 0.29) is 23.3 Å². The summed E-state index contributed by atoms with van der Waals surface area (Å²) in [6, 6.07) is 0. The zero-order valence-electron chi connectivity index (χ0n) is 12.5. The van der Waals surface area contributed by atoms with Gasteiger partial charge in [0.2, 0.25) is 0 Å². The number of halogens is 6. The second-order valence-corrected chi connectivity index (χ2v) is 8.69. The smallest absolute Gasteiger partial charge is 0.312 e. The standard InChI is InChI=1S/C15H12Cl6O4/c1-3-5-24-11(22)7-8(12(23)25-6-4-2)14(19)10(17)9(16)13(7,18)15(14,20)21/h3-4,7-8H,1-2,5-6H2/t7-,8-,13-,14-/m1/s1. The molecule has 2 rings (SSSR count). The van der Waals surface area contributed by atoms with E-state index < -0.39 is 37.9 Å². The molecule has 0 amide bonds. The van der Waals surface area contributed by atoms with Crippen LogP contribution in [0.5, 0.6) is 0 Å². The fourth-order valence-electron chi connectivity index (χ4n) is 3.04. The third-order valence-electron chi connectivity index (χ3n) is 4.13. The van der Waals surface area contributed by atoms with Gasteiger partial charge in [0.05, 0.1) is 21.9 Å². The number of esters is 2. The monoisotopic (exact) mass is 466 g/mol. The van der Waals surface area contributed by atoms with E-state index in [9.17, 15) is 9.59 Å². The summed E-state index contributed by atoms with van der Waals surface area (Å²) in [5.74, 6) is -4.61. The average Bonchev–Trinajstić information content (AvgIpc) is 2.77. The van der Waals surface area contributed by atoms with Crippen LogP contribution >= 0.6 is 69.6 Å². The molecule has 2 aliphatic rings. The summed E-state index contributed by atoms with van der Waals surface area (Å²) in [7, 11) is 0. The summed E-state index contributed by atoms with van der Waals surface area (Å²) in [5, 5.41) is -0.437. The van der Waals surface area contributed by atoms with Gasteiger partial charge in [-0.15, -0.1) is 23.2 Å². The number of rotatable bonds is 6. The van der Waals surface area contributed by atoms with E-state index in [1.54, 1.807) is 0 Å². The zero-order valence-corrected chi connectivity index (χ0v) is 17.1. The van der Waals surface area contributed by atoms with Gasteiger partial charge in [-0.3, -0.25) is 9.59 Å². The molecule has 0 spiro atoms. The SMILES string of the molecule is C=CCOC(=O)[C@H]1[C@H](C(=O)OCC=C)[C@@]2(Cl)C(Cl)=C(Cl)[C@@]1(Cl)C2(Cl)Cl. The lowest BCUT2D eigenvalue weighted by molar-refractivity contribution is -0.159. The van der Waals surface area contributed by atoms with Crippen molar-refractivity contribution in [1.82, 2.24) is 0 Å². The van der Waals surface area contributed by atoms with Crippen molar-refractivity contribution in [2.75, 3.05) is 13.2 Å². The zero-order chi connectivity index (χ0) is 19.2. The molecule has 138 valence electrons. The maximum absolute atomic E-state index is 12.6. The molecule has 10 heteroatoms. The summed E-state index contributed by atoms with van der Waals surface area (Å²) in [5.41, 5.74) is 0. The molecule has 0 aromatic heterocycles. The van der Waals surface area contributed by atoms with Gasteiger partial charge in [0.1, 0.15) is 23.0 Å². The van der Waals surface area contributed by atoms with Crippen LogP contribution in [-0.2, 0) is 19.1 Å². The largest absolute Gasteiger partial charge is 0.461 e. The number of carbonyl (C=O) groups excluding carboxylic acids is 2. The molecule has 0 radical (unpaired) electrons. The second-order valence-electron chi connectivity index (χ2n) is 5.42. The van der Waals surface area contributed by atoms with Crippen molar-refractivity contribution in [3.63, 3.8) is 0 Å². The first-order valence-corrected chi connectivity index (χ1v) is 9.17. The van der Waals surface area contributed by atoms with Crippen LogP contribution in [0.1, 0.15) is 0 Å². The summed E-state index contributed by atoms with van der Waals surface area (Å²) in [6.07, 6.45) is 2.68. The number of ether oxygens (including phenoxy) is 2. The topological polar surface area (TPSA) is 52.6 Å². The predicted molar refractivity (Wildman–Crippen MR) is 99.6 cm³/mol. The summed E-state index contributed by atoms with van der Waals surface area (Å²) in [4.78, 5) is 21.2. The maximum atomic E-state index is 12.6. The first-order valence-electron chi connectivity index (χ1n) is 6.90. The summed E-state index contributed by atoms with van der Waals surface area (Å²) in [6.45, 7) is 6.63. The van der Waals surface area contributed by atoms with Gasteiger partial charge in [-0.25, -0.2) is 0 Å². The molecule has 2 aliphatic carbocycles. The molecule has 2 bridgehead atoms. The van der Waals surface area contributed by atoms with Crippen molar-refractivity contribution in [2.45, 2.75) is 14.1 Å². The molecule has 4 atom stereocenters. The van der Waals surface area contributed by atoms with Gasteiger partial charge in [-0.1, -0.05) is 71.7 Å². The highest BCUT2D eigenvalue weighted by Crippen LogP contribution is 2.76. The molecule has 0 unspecified atom stereocenters. The highest BCUT2D eigenvalue weighted by molar-refractivity contribution is 6.66. The van der Waals surface area contributed by atoms with Gasteiger partial charge in [0.25, 0.3) is 0 Å². The number of alkyl halides is 4. The first-order chi connectivity index (χ1) is 11.5. The fourth-order valence-corrected chi connectivity index (χ4v) is 5.96. The molecule has 0 saturated heterocycles. The Morgan fingerprint density at radius 3 is 1.48 bits per heavy atom. The van der Waals surface area contributed by atoms with Crippen LogP contribution in [0.4, 0.5) is 0 Å². The minimum atomic E-state index is -2.08. The Bertz CT molecular complexity index is 621. The van der Waals surface area contributed by atoms with E-state index >= 15 is 0 Å². The van der Waals surface area contributed by atoms with Gasteiger partial charge >= 0.3 is 11.9 Å². The van der Waals surface area contributed by atoms with Gasteiger partial charge in [0.15, 0.2) is 4.33 Å². The van der Waals surface area contributed by atoms with Crippen LogP contribution in [0, 0.1) is 11.8 Å². The highest BCUT2D eigenvalue weighted by atomic mass is 35.5. The van der Waals surface area contributed by atoms with Gasteiger partial charge in [-0.05, 0) is 0 Å². The minimum Gasteiger partial charge on any atom is -0.461 e. The lowest BCUT2D eigenvalue weighted by atomic mass is 9.82. The molecule has 0 N–H and O–H groups in total. The molecule has 25 heavy (non-hydrogen) atoms. The van der Waals surface area contributed by atoms with Crippen LogP contribution in [-0.4, -0.2) is 39.2 Å². The normalized spacial score (nSPS) is 35.4. The van der Waals surface area contributed by atoms with Crippen molar-refractivity contribution >= 4 is 81.5 Å². The first kappa shape index (κ1) is 21.2. The summed E-state index contributed by atoms with van der Waals surface area (Å²) < 4.78 is 7.98. The van der Waals surface area contributed by atoms with E-state index in [0.717, 1.165) is 0 Å². The van der Waals surface area contributed by atoms with E-state index in [1.165, 1.54) is 12.2 Å². The Morgan fingerprint density at radius 2 is 1.20 bits per heavy atom. The Balaban J connectivity index is 2.62. The van der Waals surface area contributed by atoms with Crippen LogP contribution in [0.2, 0.25) is 0 Å². The van der Waals surface area contributed by atoms with Crippen LogP contribution in [0.15, 0.2) is 35.4 Å². The molecule has 0 aliphatic heterocycles. The van der Waals surface area contributed by atoms with Gasteiger partial charge < -0.3 is 9.47 Å². The molecule has 4 nitrogen and oxygen atoms in total. The molecule has 1 fully saturated rings. The molecule has 0 aromatic rings. The molecule has 0 aromatic carbocycles. The van der Waals surface area contributed by atoms with E-state index in [1.807, 2.05) is 0 Å². The number of hydrogen-bond acceptors (Lipinski definition) is 4. The third-order valence-corrected chi connectivity index (χ3v) is 8.39.